The van der Waals surface area contributed by atoms with E-state index >= 15 is 0 Å². The third-order valence-corrected chi connectivity index (χ3v) is 6.29. The van der Waals surface area contributed by atoms with Crippen LogP contribution in [0.25, 0.3) is 6.08 Å². The van der Waals surface area contributed by atoms with Gasteiger partial charge in [0.25, 0.3) is 5.56 Å². The normalized spacial score (nSPS) is 15.5. The maximum absolute atomic E-state index is 13.6. The van der Waals surface area contributed by atoms with Crippen LogP contribution >= 0.6 is 11.3 Å². The highest BCUT2D eigenvalue weighted by molar-refractivity contribution is 7.07. The Bertz CT molecular complexity index is 1420. The topological polar surface area (TPSA) is 92.0 Å². The zero-order valence-corrected chi connectivity index (χ0v) is 20.2. The molecule has 1 aliphatic rings. The number of allylic oxidation sites excluding steroid dienone is 1. The second-order valence-corrected chi connectivity index (χ2v) is 8.44. The van der Waals surface area contributed by atoms with Crippen LogP contribution < -0.4 is 24.4 Å². The molecule has 2 aromatic heterocycles. The number of pyridine rings is 1. The molecule has 0 bridgehead atoms. The van der Waals surface area contributed by atoms with Crippen LogP contribution in [-0.4, -0.2) is 35.8 Å². The maximum Gasteiger partial charge on any atom is 0.338 e. The number of hydrogen-bond acceptors (Lipinski definition) is 8. The molecule has 3 heterocycles. The van der Waals surface area contributed by atoms with E-state index in [1.54, 1.807) is 62.2 Å². The van der Waals surface area contributed by atoms with Crippen molar-refractivity contribution in [1.29, 1.82) is 0 Å². The summed E-state index contributed by atoms with van der Waals surface area (Å²) in [5.41, 5.74) is 2.06. The summed E-state index contributed by atoms with van der Waals surface area (Å²) in [6.07, 6.45) is 5.13. The van der Waals surface area contributed by atoms with Gasteiger partial charge in [0, 0.05) is 12.4 Å². The van der Waals surface area contributed by atoms with E-state index in [0.29, 0.717) is 44.3 Å². The molecule has 0 saturated carbocycles. The van der Waals surface area contributed by atoms with Crippen molar-refractivity contribution < 1.29 is 19.0 Å². The van der Waals surface area contributed by atoms with Crippen LogP contribution in [0.2, 0.25) is 0 Å². The van der Waals surface area contributed by atoms with Crippen LogP contribution in [-0.2, 0) is 9.53 Å². The summed E-state index contributed by atoms with van der Waals surface area (Å²) in [4.78, 5) is 35.8. The fourth-order valence-electron chi connectivity index (χ4n) is 3.85. The number of ether oxygens (including phenoxy) is 3. The number of rotatable bonds is 7. The number of fused-ring (bicyclic) bond motifs is 1. The second-order valence-electron chi connectivity index (χ2n) is 7.43. The van der Waals surface area contributed by atoms with Gasteiger partial charge in [-0.05, 0) is 56.2 Å². The summed E-state index contributed by atoms with van der Waals surface area (Å²) in [5.74, 6) is 0.579. The lowest BCUT2D eigenvalue weighted by atomic mass is 9.95. The van der Waals surface area contributed by atoms with Crippen LogP contribution in [0.4, 0.5) is 0 Å². The monoisotopic (exact) mass is 479 g/mol. The van der Waals surface area contributed by atoms with E-state index in [2.05, 4.69) is 9.98 Å². The van der Waals surface area contributed by atoms with E-state index in [1.807, 2.05) is 19.1 Å². The van der Waals surface area contributed by atoms with E-state index in [1.165, 1.54) is 11.3 Å². The zero-order chi connectivity index (χ0) is 24.2. The Labute approximate surface area is 200 Å². The van der Waals surface area contributed by atoms with Crippen molar-refractivity contribution >= 4 is 23.4 Å². The number of carbonyl (C=O) groups is 1. The molecular formula is C25H25N3O5S. The van der Waals surface area contributed by atoms with E-state index in [0.717, 1.165) is 5.56 Å². The molecular weight excluding hydrogens is 454 g/mol. The fourth-order valence-corrected chi connectivity index (χ4v) is 4.90. The minimum atomic E-state index is -0.725. The van der Waals surface area contributed by atoms with Crippen molar-refractivity contribution in [2.45, 2.75) is 26.8 Å². The van der Waals surface area contributed by atoms with Crippen LogP contribution in [0.3, 0.4) is 0 Å². The molecule has 0 unspecified atom stereocenters. The summed E-state index contributed by atoms with van der Waals surface area (Å²) in [6, 6.07) is 8.34. The number of nitrogens with zero attached hydrogens (tertiary/aromatic N) is 3. The number of methoxy groups -OCH3 is 1. The number of benzene rings is 1. The molecule has 1 aliphatic heterocycles. The van der Waals surface area contributed by atoms with Crippen molar-refractivity contribution in [3.8, 4) is 11.5 Å². The summed E-state index contributed by atoms with van der Waals surface area (Å²) < 4.78 is 18.5. The lowest BCUT2D eigenvalue weighted by molar-refractivity contribution is -0.139. The number of thiazole rings is 1. The van der Waals surface area contributed by atoms with Crippen LogP contribution in [0.1, 0.15) is 37.9 Å². The van der Waals surface area contributed by atoms with Crippen molar-refractivity contribution in [3.05, 3.63) is 84.8 Å². The molecule has 4 rings (SSSR count). The third-order valence-electron chi connectivity index (χ3n) is 5.30. The average Bonchev–Trinajstić information content (AvgIpc) is 3.13. The standard InChI is InChI=1S/C25H25N3O5S/c1-5-32-19-13-17(9-10-18(19)31-4)22-21(24(30)33-6-2)15(3)27-25-28(22)23(29)20(34-25)12-16-8-7-11-26-14-16/h7-14,22H,5-6H2,1-4H3/t22-/m0/s1. The Balaban J connectivity index is 1.97. The molecule has 0 saturated heterocycles. The summed E-state index contributed by atoms with van der Waals surface area (Å²) in [5, 5.41) is 0. The van der Waals surface area contributed by atoms with E-state index in [-0.39, 0.29) is 12.2 Å². The quantitative estimate of drug-likeness (QED) is 0.484. The van der Waals surface area contributed by atoms with Gasteiger partial charge >= 0.3 is 5.97 Å². The first kappa shape index (κ1) is 23.4. The number of aromatic nitrogens is 2. The summed E-state index contributed by atoms with van der Waals surface area (Å²) >= 11 is 1.27. The Morgan fingerprint density at radius 3 is 2.71 bits per heavy atom. The molecule has 1 atom stereocenters. The molecule has 176 valence electrons. The minimum absolute atomic E-state index is 0.209. The van der Waals surface area contributed by atoms with Crippen molar-refractivity contribution in [2.75, 3.05) is 20.3 Å². The Morgan fingerprint density at radius 1 is 1.21 bits per heavy atom. The van der Waals surface area contributed by atoms with Crippen molar-refractivity contribution in [2.24, 2.45) is 4.99 Å². The Kier molecular flexibility index (Phi) is 6.93. The first-order valence-corrected chi connectivity index (χ1v) is 11.7. The molecule has 0 spiro atoms. The highest BCUT2D eigenvalue weighted by Gasteiger charge is 2.33. The van der Waals surface area contributed by atoms with E-state index in [4.69, 9.17) is 14.2 Å². The first-order chi connectivity index (χ1) is 16.5. The third kappa shape index (κ3) is 4.38. The smallest absolute Gasteiger partial charge is 0.338 e. The largest absolute Gasteiger partial charge is 0.493 e. The summed E-state index contributed by atoms with van der Waals surface area (Å²) in [7, 11) is 1.56. The molecule has 0 radical (unpaired) electrons. The first-order valence-electron chi connectivity index (χ1n) is 10.9. The number of hydrogen-bond donors (Lipinski definition) is 0. The molecule has 1 aromatic carbocycles. The van der Waals surface area contributed by atoms with Crippen LogP contribution in [0.5, 0.6) is 11.5 Å². The molecule has 9 heteroatoms. The van der Waals surface area contributed by atoms with Gasteiger partial charge in [0.2, 0.25) is 0 Å². The van der Waals surface area contributed by atoms with Gasteiger partial charge in [0.05, 0.1) is 42.2 Å². The van der Waals surface area contributed by atoms with Gasteiger partial charge < -0.3 is 14.2 Å². The predicted octanol–water partition coefficient (Wildman–Crippen LogP) is 2.60. The highest BCUT2D eigenvalue weighted by atomic mass is 32.1. The molecule has 0 aliphatic carbocycles. The van der Waals surface area contributed by atoms with Gasteiger partial charge in [0.15, 0.2) is 16.3 Å². The van der Waals surface area contributed by atoms with Gasteiger partial charge in [-0.1, -0.05) is 23.5 Å². The molecule has 0 N–H and O–H groups in total. The van der Waals surface area contributed by atoms with Crippen molar-refractivity contribution in [1.82, 2.24) is 9.55 Å². The molecule has 0 amide bonds. The van der Waals surface area contributed by atoms with Gasteiger partial charge in [-0.25, -0.2) is 9.79 Å². The molecule has 0 fully saturated rings. The Morgan fingerprint density at radius 2 is 2.03 bits per heavy atom. The summed E-state index contributed by atoms with van der Waals surface area (Å²) in [6.45, 7) is 6.02. The number of esters is 1. The number of carbonyl (C=O) groups excluding carboxylic acids is 1. The Hall–Kier alpha value is -3.72. The SMILES string of the molecule is CCOC(=O)C1=C(C)N=c2sc(=Cc3cccnc3)c(=O)n2[C@H]1c1ccc(OC)c(OCC)c1. The zero-order valence-electron chi connectivity index (χ0n) is 19.4. The predicted molar refractivity (Wildman–Crippen MR) is 129 cm³/mol. The van der Waals surface area contributed by atoms with Crippen LogP contribution in [0.15, 0.2) is 63.8 Å². The van der Waals surface area contributed by atoms with E-state index < -0.39 is 12.0 Å². The van der Waals surface area contributed by atoms with E-state index in [9.17, 15) is 9.59 Å². The van der Waals surface area contributed by atoms with Gasteiger partial charge in [0.1, 0.15) is 0 Å². The average molecular weight is 480 g/mol. The van der Waals surface area contributed by atoms with Crippen LogP contribution in [0, 0.1) is 0 Å². The molecule has 3 aromatic rings. The molecule has 8 nitrogen and oxygen atoms in total. The second kappa shape index (κ2) is 10.0. The van der Waals surface area contributed by atoms with Crippen molar-refractivity contribution in [3.63, 3.8) is 0 Å². The lowest BCUT2D eigenvalue weighted by Crippen LogP contribution is -2.40. The van der Waals surface area contributed by atoms with Gasteiger partial charge in [-0.15, -0.1) is 0 Å². The van der Waals surface area contributed by atoms with Gasteiger partial charge in [-0.2, -0.15) is 0 Å². The highest BCUT2D eigenvalue weighted by Crippen LogP contribution is 2.36. The fraction of sp³-hybridized carbons (Fsp3) is 0.280. The lowest BCUT2D eigenvalue weighted by Gasteiger charge is -2.25. The minimum Gasteiger partial charge on any atom is -0.493 e. The van der Waals surface area contributed by atoms with Gasteiger partial charge in [-0.3, -0.25) is 14.3 Å². The maximum atomic E-state index is 13.6. The molecule has 34 heavy (non-hydrogen) atoms.